The minimum Gasteiger partial charge on any atom is -1.00 e. The van der Waals surface area contributed by atoms with Crippen LogP contribution in [0.1, 0.15) is 40.0 Å². The summed E-state index contributed by atoms with van der Waals surface area (Å²) in [5.74, 6) is 0.0152. The van der Waals surface area contributed by atoms with E-state index in [1.807, 2.05) is 0 Å². The van der Waals surface area contributed by atoms with Gasteiger partial charge < -0.3 is 10.7 Å². The van der Waals surface area contributed by atoms with E-state index in [2.05, 4.69) is 0 Å². The predicted octanol–water partition coefficient (Wildman–Crippen LogP) is -0.323. The summed E-state index contributed by atoms with van der Waals surface area (Å²) in [6.07, 6.45) is 6.43. The molecule has 4 rings (SSSR count). The third-order valence-electron chi connectivity index (χ3n) is 5.13. The van der Waals surface area contributed by atoms with Gasteiger partial charge in [0.25, 0.3) is 0 Å². The summed E-state index contributed by atoms with van der Waals surface area (Å²) in [6, 6.07) is 0. The molecule has 4 fully saturated rings. The minimum absolute atomic E-state index is 0. The molecule has 0 spiro atoms. The van der Waals surface area contributed by atoms with Crippen LogP contribution < -0.4 is 29.6 Å². The number of hydrogen-bond acceptors (Lipinski definition) is 3. The Morgan fingerprint density at radius 2 is 1.67 bits per heavy atom. The van der Waals surface area contributed by atoms with Gasteiger partial charge in [-0.15, -0.1) is 0 Å². The van der Waals surface area contributed by atoms with Gasteiger partial charge >= 0.3 is 40.8 Å². The maximum absolute atomic E-state index is 13.1. The summed E-state index contributed by atoms with van der Waals surface area (Å²) < 4.78 is 49.7. The first-order valence-electron chi connectivity index (χ1n) is 6.97. The van der Waals surface area contributed by atoms with Crippen LogP contribution in [0.4, 0.5) is 8.78 Å². The standard InChI is InChI=1S/C13H18F2O4S.Na.H/c14-13(15,20(17)18)11(16)19-7-12-4-8-1-9(5-12)3-10(2-8)6-12;;/h8-10H,1-7H2,(H,17,18);;/q;+1;-1. The van der Waals surface area contributed by atoms with Crippen LogP contribution in [0.3, 0.4) is 0 Å². The van der Waals surface area contributed by atoms with Gasteiger partial charge in [-0.2, -0.15) is 8.78 Å². The Bertz CT molecular complexity index is 428. The zero-order valence-electron chi connectivity index (χ0n) is 13.0. The topological polar surface area (TPSA) is 63.6 Å². The molecule has 116 valence electrons. The minimum atomic E-state index is -4.33. The molecule has 21 heavy (non-hydrogen) atoms. The smallest absolute Gasteiger partial charge is 1.00 e. The molecule has 0 amide bonds. The van der Waals surface area contributed by atoms with Gasteiger partial charge in [0.05, 0.1) is 6.61 Å². The Labute approximate surface area is 148 Å². The molecular weight excluding hydrogens is 313 g/mol. The number of carbonyl (C=O) groups excluding carboxylic acids is 1. The second-order valence-electron chi connectivity index (χ2n) is 6.76. The molecule has 1 atom stereocenters. The molecule has 1 unspecified atom stereocenters. The summed E-state index contributed by atoms with van der Waals surface area (Å²) in [7, 11) is 0. The molecule has 4 saturated carbocycles. The predicted molar refractivity (Wildman–Crippen MR) is 68.4 cm³/mol. The van der Waals surface area contributed by atoms with E-state index in [4.69, 9.17) is 9.29 Å². The number of halogens is 2. The first kappa shape index (κ1) is 17.8. The van der Waals surface area contributed by atoms with E-state index in [1.54, 1.807) is 0 Å². The Morgan fingerprint density at radius 1 is 1.24 bits per heavy atom. The number of hydrogen-bond donors (Lipinski definition) is 1. The van der Waals surface area contributed by atoms with Crippen molar-refractivity contribution >= 4 is 17.0 Å². The van der Waals surface area contributed by atoms with Gasteiger partial charge in [-0.3, -0.25) is 0 Å². The van der Waals surface area contributed by atoms with Gasteiger partial charge in [-0.25, -0.2) is 9.00 Å². The fourth-order valence-corrected chi connectivity index (χ4v) is 5.04. The zero-order valence-corrected chi connectivity index (χ0v) is 14.8. The maximum Gasteiger partial charge on any atom is 1.00 e. The monoisotopic (exact) mass is 332 g/mol. The molecule has 8 heteroatoms. The number of carbonyl (C=O) groups is 1. The molecule has 0 aromatic heterocycles. The Hall–Kier alpha value is 0.440. The second-order valence-corrected chi connectivity index (χ2v) is 7.77. The Morgan fingerprint density at radius 3 is 2.05 bits per heavy atom. The summed E-state index contributed by atoms with van der Waals surface area (Å²) in [5, 5.41) is -4.33. The van der Waals surface area contributed by atoms with Crippen LogP contribution in [0.25, 0.3) is 0 Å². The van der Waals surface area contributed by atoms with Gasteiger partial charge in [-0.1, -0.05) is 0 Å². The third kappa shape index (κ3) is 3.37. The summed E-state index contributed by atoms with van der Waals surface area (Å²) in [4.78, 5) is 11.3. The average Bonchev–Trinajstić information content (AvgIpc) is 2.34. The summed E-state index contributed by atoms with van der Waals surface area (Å²) in [6.45, 7) is -0.0396. The molecule has 0 aliphatic heterocycles. The van der Waals surface area contributed by atoms with Crippen LogP contribution >= 0.6 is 0 Å². The number of esters is 1. The third-order valence-corrected chi connectivity index (χ3v) is 5.74. The van der Waals surface area contributed by atoms with E-state index in [-0.39, 0.29) is 43.0 Å². The van der Waals surface area contributed by atoms with E-state index in [1.165, 1.54) is 19.3 Å². The van der Waals surface area contributed by atoms with Crippen molar-refractivity contribution in [1.82, 2.24) is 0 Å². The van der Waals surface area contributed by atoms with Crippen molar-refractivity contribution in [3.8, 4) is 0 Å². The maximum atomic E-state index is 13.1. The van der Waals surface area contributed by atoms with Crippen LogP contribution in [0, 0.1) is 23.2 Å². The van der Waals surface area contributed by atoms with Crippen LogP contribution in [-0.2, 0) is 20.6 Å². The first-order valence-corrected chi connectivity index (χ1v) is 8.07. The molecule has 0 aromatic carbocycles. The fourth-order valence-electron chi connectivity index (χ4n) is 4.84. The molecule has 0 aromatic rings. The molecular formula is C13H19F2NaO4S. The molecule has 4 aliphatic carbocycles. The van der Waals surface area contributed by atoms with Crippen LogP contribution in [-0.4, -0.2) is 26.6 Å². The first-order chi connectivity index (χ1) is 9.31. The average molecular weight is 332 g/mol. The van der Waals surface area contributed by atoms with Crippen molar-refractivity contribution in [2.45, 2.75) is 43.8 Å². The van der Waals surface area contributed by atoms with Crippen molar-refractivity contribution in [2.24, 2.45) is 23.2 Å². The van der Waals surface area contributed by atoms with Crippen molar-refractivity contribution in [1.29, 1.82) is 0 Å². The van der Waals surface area contributed by atoms with Gasteiger partial charge in [0.15, 0.2) is 0 Å². The van der Waals surface area contributed by atoms with Crippen molar-refractivity contribution < 1.29 is 58.1 Å². The Kier molecular flexibility index (Phi) is 5.21. The van der Waals surface area contributed by atoms with E-state index in [0.717, 1.165) is 19.3 Å². The fraction of sp³-hybridized carbons (Fsp3) is 0.923. The van der Waals surface area contributed by atoms with Crippen LogP contribution in [0.2, 0.25) is 0 Å². The van der Waals surface area contributed by atoms with Gasteiger partial charge in [0, 0.05) is 5.41 Å². The van der Waals surface area contributed by atoms with E-state index < -0.39 is 22.3 Å². The van der Waals surface area contributed by atoms with Gasteiger partial charge in [0.1, 0.15) is 0 Å². The molecule has 4 nitrogen and oxygen atoms in total. The number of alkyl halides is 2. The summed E-state index contributed by atoms with van der Waals surface area (Å²) >= 11 is -3.53. The van der Waals surface area contributed by atoms with Crippen molar-refractivity contribution in [3.05, 3.63) is 0 Å². The van der Waals surface area contributed by atoms with Gasteiger partial charge in [-0.05, 0) is 56.3 Å². The Balaban J connectivity index is 0.00000121. The molecule has 0 heterocycles. The van der Waals surface area contributed by atoms with Crippen LogP contribution in [0.5, 0.6) is 0 Å². The second kappa shape index (κ2) is 6.15. The molecule has 4 bridgehead atoms. The number of ether oxygens (including phenoxy) is 1. The summed E-state index contributed by atoms with van der Waals surface area (Å²) in [5.41, 5.74) is -0.169. The molecule has 0 saturated heterocycles. The largest absolute Gasteiger partial charge is 1.00 e. The van der Waals surface area contributed by atoms with E-state index in [9.17, 15) is 17.8 Å². The number of rotatable bonds is 4. The van der Waals surface area contributed by atoms with Crippen molar-refractivity contribution in [2.75, 3.05) is 6.61 Å². The normalized spacial score (nSPS) is 38.7. The van der Waals surface area contributed by atoms with Gasteiger partial charge in [0.2, 0.25) is 11.1 Å². The van der Waals surface area contributed by atoms with Crippen molar-refractivity contribution in [3.63, 3.8) is 0 Å². The molecule has 1 N–H and O–H groups in total. The SMILES string of the molecule is O=C(OCC12CC3CC(CC(C3)C1)C2)C(F)(F)S(=O)O.[H-].[Na+]. The van der Waals surface area contributed by atoms with E-state index in [0.29, 0.717) is 17.8 Å². The molecule has 4 aliphatic rings. The molecule has 0 radical (unpaired) electrons. The zero-order chi connectivity index (χ0) is 14.5. The van der Waals surface area contributed by atoms with Crippen LogP contribution in [0.15, 0.2) is 0 Å². The quantitative estimate of drug-likeness (QED) is 0.435. The van der Waals surface area contributed by atoms with E-state index >= 15 is 0 Å².